The monoisotopic (exact) mass is 417 g/mol. The Morgan fingerprint density at radius 1 is 1.13 bits per heavy atom. The highest BCUT2D eigenvalue weighted by Gasteiger charge is 2.30. The standard InChI is InChI=1S/C22H22F3N3O2/c1-13(2)17-9-4-6-14(3)20(17)26-18(29)10-11-19-27-28-21(30-19)15-7-5-8-16(12-15)22(23,24)25/h4-9,12-13H,10-11H2,1-3H3,(H,26,29). The van der Waals surface area contributed by atoms with E-state index < -0.39 is 11.7 Å². The molecular weight excluding hydrogens is 395 g/mol. The van der Waals surface area contributed by atoms with Crippen molar-refractivity contribution >= 4 is 11.6 Å². The fraction of sp³-hybridized carbons (Fsp3) is 0.318. The molecule has 1 amide bonds. The molecule has 0 aliphatic rings. The van der Waals surface area contributed by atoms with Crippen LogP contribution in [0.4, 0.5) is 18.9 Å². The quantitative estimate of drug-likeness (QED) is 0.554. The lowest BCUT2D eigenvalue weighted by Crippen LogP contribution is -2.15. The van der Waals surface area contributed by atoms with E-state index in [9.17, 15) is 18.0 Å². The molecule has 3 aromatic rings. The van der Waals surface area contributed by atoms with E-state index in [1.54, 1.807) is 0 Å². The number of halogens is 3. The second-order valence-electron chi connectivity index (χ2n) is 7.32. The van der Waals surface area contributed by atoms with E-state index in [0.717, 1.165) is 28.9 Å². The molecule has 0 atom stereocenters. The van der Waals surface area contributed by atoms with E-state index in [4.69, 9.17) is 4.42 Å². The van der Waals surface area contributed by atoms with Crippen LogP contribution in [0.2, 0.25) is 0 Å². The normalized spacial score (nSPS) is 11.7. The molecule has 0 aliphatic carbocycles. The smallest absolute Gasteiger partial charge is 0.416 e. The van der Waals surface area contributed by atoms with Crippen molar-refractivity contribution in [3.8, 4) is 11.5 Å². The van der Waals surface area contributed by atoms with Crippen molar-refractivity contribution in [1.29, 1.82) is 0 Å². The molecule has 0 spiro atoms. The number of aromatic nitrogens is 2. The molecule has 0 aliphatic heterocycles. The summed E-state index contributed by atoms with van der Waals surface area (Å²) in [7, 11) is 0. The molecule has 0 unspecified atom stereocenters. The lowest BCUT2D eigenvalue weighted by molar-refractivity contribution is -0.137. The van der Waals surface area contributed by atoms with Gasteiger partial charge in [-0.05, 0) is 42.2 Å². The number of carbonyl (C=O) groups excluding carboxylic acids is 1. The molecule has 0 saturated carbocycles. The van der Waals surface area contributed by atoms with Crippen molar-refractivity contribution in [3.63, 3.8) is 0 Å². The molecule has 5 nitrogen and oxygen atoms in total. The average Bonchev–Trinajstić information content (AvgIpc) is 3.16. The van der Waals surface area contributed by atoms with Gasteiger partial charge in [-0.15, -0.1) is 10.2 Å². The molecule has 158 valence electrons. The van der Waals surface area contributed by atoms with E-state index in [1.165, 1.54) is 12.1 Å². The third-order valence-corrected chi connectivity index (χ3v) is 4.66. The lowest BCUT2D eigenvalue weighted by atomic mass is 9.98. The number of carbonyl (C=O) groups is 1. The van der Waals surface area contributed by atoms with Crippen LogP contribution in [0.1, 0.15) is 48.8 Å². The zero-order chi connectivity index (χ0) is 21.9. The summed E-state index contributed by atoms with van der Waals surface area (Å²) in [5.74, 6) is 0.222. The summed E-state index contributed by atoms with van der Waals surface area (Å²) in [6.07, 6.45) is -4.17. The van der Waals surface area contributed by atoms with Crippen molar-refractivity contribution in [2.45, 2.75) is 45.7 Å². The summed E-state index contributed by atoms with van der Waals surface area (Å²) in [6.45, 7) is 6.04. The number of para-hydroxylation sites is 1. The van der Waals surface area contributed by atoms with Crippen molar-refractivity contribution in [1.82, 2.24) is 10.2 Å². The van der Waals surface area contributed by atoms with Gasteiger partial charge < -0.3 is 9.73 Å². The van der Waals surface area contributed by atoms with Crippen LogP contribution < -0.4 is 5.32 Å². The maximum atomic E-state index is 12.9. The lowest BCUT2D eigenvalue weighted by Gasteiger charge is -2.16. The van der Waals surface area contributed by atoms with Gasteiger partial charge in [0.15, 0.2) is 0 Å². The Bertz CT molecular complexity index is 1040. The SMILES string of the molecule is Cc1cccc(C(C)C)c1NC(=O)CCc1nnc(-c2cccc(C(F)(F)F)c2)o1. The molecule has 1 heterocycles. The topological polar surface area (TPSA) is 68.0 Å². The van der Waals surface area contributed by atoms with Crippen LogP contribution >= 0.6 is 0 Å². The van der Waals surface area contributed by atoms with Gasteiger partial charge in [0.2, 0.25) is 17.7 Å². The molecule has 0 bridgehead atoms. The highest BCUT2D eigenvalue weighted by molar-refractivity contribution is 5.92. The van der Waals surface area contributed by atoms with Crippen LogP contribution in [-0.2, 0) is 17.4 Å². The number of amides is 1. The first-order chi connectivity index (χ1) is 14.1. The van der Waals surface area contributed by atoms with Gasteiger partial charge in [0.25, 0.3) is 0 Å². The summed E-state index contributed by atoms with van der Waals surface area (Å²) < 4.78 is 44.1. The summed E-state index contributed by atoms with van der Waals surface area (Å²) >= 11 is 0. The van der Waals surface area contributed by atoms with Crippen LogP contribution in [0.5, 0.6) is 0 Å². The van der Waals surface area contributed by atoms with Gasteiger partial charge in [-0.2, -0.15) is 13.2 Å². The average molecular weight is 417 g/mol. The van der Waals surface area contributed by atoms with Crippen LogP contribution in [0.3, 0.4) is 0 Å². The number of anilines is 1. The predicted octanol–water partition coefficient (Wildman–Crippen LogP) is 5.76. The minimum Gasteiger partial charge on any atom is -0.421 e. The maximum absolute atomic E-state index is 12.9. The number of rotatable bonds is 6. The van der Waals surface area contributed by atoms with E-state index in [-0.39, 0.29) is 42.0 Å². The Balaban J connectivity index is 1.66. The van der Waals surface area contributed by atoms with Gasteiger partial charge in [0.1, 0.15) is 0 Å². The first-order valence-electron chi connectivity index (χ1n) is 9.54. The van der Waals surface area contributed by atoms with Gasteiger partial charge in [0.05, 0.1) is 5.56 Å². The zero-order valence-corrected chi connectivity index (χ0v) is 16.9. The molecule has 1 N–H and O–H groups in total. The van der Waals surface area contributed by atoms with Crippen LogP contribution in [0.15, 0.2) is 46.9 Å². The minimum atomic E-state index is -4.46. The summed E-state index contributed by atoms with van der Waals surface area (Å²) in [5.41, 5.74) is 2.20. The van der Waals surface area contributed by atoms with Crippen molar-refractivity contribution in [3.05, 3.63) is 65.0 Å². The third-order valence-electron chi connectivity index (χ3n) is 4.66. The van der Waals surface area contributed by atoms with Crippen LogP contribution in [0.25, 0.3) is 11.5 Å². The Labute approximate surface area is 172 Å². The largest absolute Gasteiger partial charge is 0.421 e. The van der Waals surface area contributed by atoms with E-state index >= 15 is 0 Å². The molecule has 0 fully saturated rings. The maximum Gasteiger partial charge on any atom is 0.416 e. The third kappa shape index (κ3) is 5.06. The van der Waals surface area contributed by atoms with Gasteiger partial charge in [-0.3, -0.25) is 4.79 Å². The number of benzene rings is 2. The Morgan fingerprint density at radius 2 is 1.87 bits per heavy atom. The molecule has 3 rings (SSSR count). The van der Waals surface area contributed by atoms with Crippen LogP contribution in [-0.4, -0.2) is 16.1 Å². The first kappa shape index (κ1) is 21.5. The van der Waals surface area contributed by atoms with E-state index in [0.29, 0.717) is 0 Å². The number of nitrogens with zero attached hydrogens (tertiary/aromatic N) is 2. The number of aryl methyl sites for hydroxylation is 2. The van der Waals surface area contributed by atoms with E-state index in [2.05, 4.69) is 29.4 Å². The van der Waals surface area contributed by atoms with Gasteiger partial charge in [-0.1, -0.05) is 38.1 Å². The second-order valence-corrected chi connectivity index (χ2v) is 7.32. The Hall–Kier alpha value is -3.16. The molecule has 0 saturated heterocycles. The number of hydrogen-bond donors (Lipinski definition) is 1. The second kappa shape index (κ2) is 8.69. The van der Waals surface area contributed by atoms with Gasteiger partial charge in [0, 0.05) is 24.1 Å². The Morgan fingerprint density at radius 3 is 2.57 bits per heavy atom. The zero-order valence-electron chi connectivity index (χ0n) is 16.9. The fourth-order valence-electron chi connectivity index (χ4n) is 3.06. The molecule has 8 heteroatoms. The molecule has 1 aromatic heterocycles. The van der Waals surface area contributed by atoms with E-state index in [1.807, 2.05) is 25.1 Å². The summed E-state index contributed by atoms with van der Waals surface area (Å²) in [6, 6.07) is 10.5. The van der Waals surface area contributed by atoms with Gasteiger partial charge >= 0.3 is 6.18 Å². The van der Waals surface area contributed by atoms with Crippen molar-refractivity contribution in [2.75, 3.05) is 5.32 Å². The summed E-state index contributed by atoms with van der Waals surface area (Å²) in [5, 5.41) is 10.6. The van der Waals surface area contributed by atoms with Crippen LogP contribution in [0, 0.1) is 6.92 Å². The predicted molar refractivity (Wildman–Crippen MR) is 107 cm³/mol. The summed E-state index contributed by atoms with van der Waals surface area (Å²) in [4.78, 5) is 12.4. The van der Waals surface area contributed by atoms with Crippen molar-refractivity contribution in [2.24, 2.45) is 0 Å². The number of alkyl halides is 3. The molecular formula is C22H22F3N3O2. The van der Waals surface area contributed by atoms with Gasteiger partial charge in [-0.25, -0.2) is 0 Å². The molecule has 2 aromatic carbocycles. The number of nitrogens with one attached hydrogen (secondary N) is 1. The highest BCUT2D eigenvalue weighted by atomic mass is 19.4. The highest BCUT2D eigenvalue weighted by Crippen LogP contribution is 2.32. The van der Waals surface area contributed by atoms with Crippen molar-refractivity contribution < 1.29 is 22.4 Å². The first-order valence-corrected chi connectivity index (χ1v) is 9.54. The fourth-order valence-corrected chi connectivity index (χ4v) is 3.06. The molecule has 0 radical (unpaired) electrons. The Kier molecular flexibility index (Phi) is 6.24. The minimum absolute atomic E-state index is 0.0162. The number of hydrogen-bond acceptors (Lipinski definition) is 4. The molecule has 30 heavy (non-hydrogen) atoms.